The maximum atomic E-state index is 5.62. The molecule has 0 aliphatic rings. The van der Waals surface area contributed by atoms with Crippen LogP contribution in [-0.2, 0) is 6.54 Å². The summed E-state index contributed by atoms with van der Waals surface area (Å²) in [7, 11) is 1.68. The molecular formula is C10H14BrNO. The van der Waals surface area contributed by atoms with Gasteiger partial charge in [-0.05, 0) is 46.5 Å². The number of rotatable bonds is 2. The number of hydrogen-bond donors (Lipinski definition) is 1. The lowest BCUT2D eigenvalue weighted by atomic mass is 10.0. The number of benzene rings is 1. The van der Waals surface area contributed by atoms with Gasteiger partial charge in [-0.15, -0.1) is 0 Å². The summed E-state index contributed by atoms with van der Waals surface area (Å²) in [5.41, 5.74) is 9.04. The number of methoxy groups -OCH3 is 1. The maximum absolute atomic E-state index is 5.62. The molecule has 0 atom stereocenters. The van der Waals surface area contributed by atoms with E-state index in [-0.39, 0.29) is 0 Å². The molecule has 13 heavy (non-hydrogen) atoms. The van der Waals surface area contributed by atoms with Crippen molar-refractivity contribution in [3.63, 3.8) is 0 Å². The van der Waals surface area contributed by atoms with Crippen molar-refractivity contribution in [2.45, 2.75) is 20.4 Å². The highest BCUT2D eigenvalue weighted by Gasteiger charge is 2.10. The molecule has 0 spiro atoms. The first-order valence-corrected chi connectivity index (χ1v) is 4.93. The number of nitrogens with two attached hydrogens (primary N) is 1. The minimum Gasteiger partial charge on any atom is -0.495 e. The fraction of sp³-hybridized carbons (Fsp3) is 0.400. The van der Waals surface area contributed by atoms with Crippen molar-refractivity contribution in [2.24, 2.45) is 5.73 Å². The molecule has 1 aromatic carbocycles. The van der Waals surface area contributed by atoms with Crippen LogP contribution in [-0.4, -0.2) is 7.11 Å². The van der Waals surface area contributed by atoms with Gasteiger partial charge >= 0.3 is 0 Å². The number of hydrogen-bond acceptors (Lipinski definition) is 2. The van der Waals surface area contributed by atoms with Crippen LogP contribution < -0.4 is 10.5 Å². The van der Waals surface area contributed by atoms with Crippen LogP contribution in [0, 0.1) is 13.8 Å². The normalized spacial score (nSPS) is 10.2. The third-order valence-corrected chi connectivity index (χ3v) is 3.14. The summed E-state index contributed by atoms with van der Waals surface area (Å²) in [4.78, 5) is 0. The molecule has 1 aromatic rings. The van der Waals surface area contributed by atoms with E-state index in [1.807, 2.05) is 13.8 Å². The Morgan fingerprint density at radius 3 is 2.54 bits per heavy atom. The molecule has 0 aromatic heterocycles. The van der Waals surface area contributed by atoms with Crippen molar-refractivity contribution in [3.05, 3.63) is 27.2 Å². The Kier molecular flexibility index (Phi) is 3.33. The first-order chi connectivity index (χ1) is 6.11. The Labute approximate surface area is 87.2 Å². The highest BCUT2D eigenvalue weighted by molar-refractivity contribution is 9.10. The van der Waals surface area contributed by atoms with Crippen LogP contribution in [0.5, 0.6) is 5.75 Å². The fourth-order valence-electron chi connectivity index (χ4n) is 1.38. The Morgan fingerprint density at radius 1 is 1.46 bits per heavy atom. The average Bonchev–Trinajstić information content (AvgIpc) is 2.12. The van der Waals surface area contributed by atoms with Crippen LogP contribution >= 0.6 is 15.9 Å². The zero-order valence-corrected chi connectivity index (χ0v) is 9.73. The summed E-state index contributed by atoms with van der Waals surface area (Å²) in [5, 5.41) is 0. The van der Waals surface area contributed by atoms with E-state index in [0.717, 1.165) is 26.9 Å². The second-order valence-electron chi connectivity index (χ2n) is 3.03. The first-order valence-electron chi connectivity index (χ1n) is 4.14. The number of aryl methyl sites for hydroxylation is 1. The van der Waals surface area contributed by atoms with Gasteiger partial charge in [-0.1, -0.05) is 6.07 Å². The van der Waals surface area contributed by atoms with Gasteiger partial charge in [0.2, 0.25) is 0 Å². The molecule has 0 heterocycles. The van der Waals surface area contributed by atoms with Gasteiger partial charge in [0.05, 0.1) is 11.6 Å². The third kappa shape index (κ3) is 1.86. The molecule has 0 bridgehead atoms. The van der Waals surface area contributed by atoms with Gasteiger partial charge in [-0.25, -0.2) is 0 Å². The van der Waals surface area contributed by atoms with Crippen LogP contribution in [0.4, 0.5) is 0 Å². The topological polar surface area (TPSA) is 35.2 Å². The summed E-state index contributed by atoms with van der Waals surface area (Å²) in [6.45, 7) is 4.62. The lowest BCUT2D eigenvalue weighted by Crippen LogP contribution is -2.02. The lowest BCUT2D eigenvalue weighted by Gasteiger charge is -2.13. The van der Waals surface area contributed by atoms with Crippen molar-refractivity contribution < 1.29 is 4.74 Å². The van der Waals surface area contributed by atoms with E-state index >= 15 is 0 Å². The van der Waals surface area contributed by atoms with Gasteiger partial charge < -0.3 is 10.5 Å². The predicted octanol–water partition coefficient (Wildman–Crippen LogP) is 2.53. The Bertz CT molecular complexity index is 323. The van der Waals surface area contributed by atoms with Crippen molar-refractivity contribution in [1.29, 1.82) is 0 Å². The summed E-state index contributed by atoms with van der Waals surface area (Å²) >= 11 is 3.50. The van der Waals surface area contributed by atoms with Crippen molar-refractivity contribution >= 4 is 15.9 Å². The molecule has 0 saturated carbocycles. The Morgan fingerprint density at radius 2 is 2.08 bits per heavy atom. The van der Waals surface area contributed by atoms with E-state index in [0.29, 0.717) is 6.54 Å². The fourth-order valence-corrected chi connectivity index (χ4v) is 2.11. The quantitative estimate of drug-likeness (QED) is 0.867. The van der Waals surface area contributed by atoms with Crippen LogP contribution in [0.1, 0.15) is 16.7 Å². The van der Waals surface area contributed by atoms with Crippen LogP contribution in [0.2, 0.25) is 0 Å². The van der Waals surface area contributed by atoms with E-state index in [2.05, 4.69) is 22.0 Å². The highest BCUT2D eigenvalue weighted by atomic mass is 79.9. The summed E-state index contributed by atoms with van der Waals surface area (Å²) in [5.74, 6) is 0.898. The van der Waals surface area contributed by atoms with Crippen molar-refractivity contribution in [3.8, 4) is 5.75 Å². The van der Waals surface area contributed by atoms with E-state index in [4.69, 9.17) is 10.5 Å². The summed E-state index contributed by atoms with van der Waals surface area (Å²) in [6, 6.07) is 2.07. The van der Waals surface area contributed by atoms with E-state index < -0.39 is 0 Å². The van der Waals surface area contributed by atoms with Crippen LogP contribution in [0.3, 0.4) is 0 Å². The smallest absolute Gasteiger partial charge is 0.136 e. The second-order valence-corrected chi connectivity index (χ2v) is 3.82. The Balaban J connectivity index is 3.37. The summed E-state index contributed by atoms with van der Waals surface area (Å²) < 4.78 is 6.28. The van der Waals surface area contributed by atoms with E-state index in [1.165, 1.54) is 0 Å². The lowest BCUT2D eigenvalue weighted by molar-refractivity contribution is 0.408. The predicted molar refractivity (Wildman–Crippen MR) is 58.1 cm³/mol. The van der Waals surface area contributed by atoms with Gasteiger partial charge in [0.25, 0.3) is 0 Å². The maximum Gasteiger partial charge on any atom is 0.136 e. The summed E-state index contributed by atoms with van der Waals surface area (Å²) in [6.07, 6.45) is 0. The standard InChI is InChI=1S/C10H14BrNO/c1-6-4-8(5-12)7(2)9(11)10(6)13-3/h4H,5,12H2,1-3H3. The highest BCUT2D eigenvalue weighted by Crippen LogP contribution is 2.33. The van der Waals surface area contributed by atoms with Gasteiger partial charge in [0.15, 0.2) is 0 Å². The third-order valence-electron chi connectivity index (χ3n) is 2.18. The van der Waals surface area contributed by atoms with Crippen LogP contribution in [0.15, 0.2) is 10.5 Å². The van der Waals surface area contributed by atoms with E-state index in [9.17, 15) is 0 Å². The molecule has 72 valence electrons. The molecule has 3 heteroatoms. The molecule has 0 saturated heterocycles. The molecule has 0 fully saturated rings. The molecule has 2 N–H and O–H groups in total. The molecule has 2 nitrogen and oxygen atoms in total. The molecular weight excluding hydrogens is 230 g/mol. The molecule has 0 radical (unpaired) electrons. The zero-order valence-electron chi connectivity index (χ0n) is 8.15. The number of ether oxygens (including phenoxy) is 1. The molecule has 0 aliphatic heterocycles. The minimum absolute atomic E-state index is 0.565. The molecule has 0 amide bonds. The monoisotopic (exact) mass is 243 g/mol. The van der Waals surface area contributed by atoms with Crippen molar-refractivity contribution in [2.75, 3.05) is 7.11 Å². The minimum atomic E-state index is 0.565. The van der Waals surface area contributed by atoms with Gasteiger partial charge in [-0.3, -0.25) is 0 Å². The number of halogens is 1. The second kappa shape index (κ2) is 4.11. The van der Waals surface area contributed by atoms with E-state index in [1.54, 1.807) is 7.11 Å². The molecule has 0 unspecified atom stereocenters. The molecule has 1 rings (SSSR count). The van der Waals surface area contributed by atoms with Gasteiger partial charge in [0.1, 0.15) is 5.75 Å². The van der Waals surface area contributed by atoms with Gasteiger partial charge in [-0.2, -0.15) is 0 Å². The first kappa shape index (κ1) is 10.5. The average molecular weight is 244 g/mol. The van der Waals surface area contributed by atoms with Crippen LogP contribution in [0.25, 0.3) is 0 Å². The van der Waals surface area contributed by atoms with Crippen molar-refractivity contribution in [1.82, 2.24) is 0 Å². The largest absolute Gasteiger partial charge is 0.495 e. The zero-order chi connectivity index (χ0) is 10.0. The Hall–Kier alpha value is -0.540. The SMILES string of the molecule is COc1c(C)cc(CN)c(C)c1Br. The van der Waals surface area contributed by atoms with Gasteiger partial charge in [0, 0.05) is 6.54 Å². The molecule has 0 aliphatic carbocycles.